The Balaban J connectivity index is 1.82. The minimum absolute atomic E-state index is 0.0494. The van der Waals surface area contributed by atoms with E-state index in [4.69, 9.17) is 16.3 Å². The number of aliphatic hydroxyl groups excluding tert-OH is 1. The molecule has 0 bridgehead atoms. The van der Waals surface area contributed by atoms with Crippen LogP contribution in [0, 0.1) is 12.7 Å². The van der Waals surface area contributed by atoms with E-state index >= 15 is 0 Å². The Bertz CT molecular complexity index is 1350. The zero-order chi connectivity index (χ0) is 24.6. The van der Waals surface area contributed by atoms with Crippen LogP contribution in [0.5, 0.6) is 5.75 Å². The first-order valence-corrected chi connectivity index (χ1v) is 12.6. The Labute approximate surface area is 204 Å². The Hall–Kier alpha value is -2.87. The van der Waals surface area contributed by atoms with Crippen LogP contribution in [0.25, 0.3) is 11.6 Å². The van der Waals surface area contributed by atoms with Gasteiger partial charge >= 0.3 is 0 Å². The highest BCUT2D eigenvalue weighted by molar-refractivity contribution is 7.92. The average Bonchev–Trinajstić information content (AvgIpc) is 2.78. The van der Waals surface area contributed by atoms with Gasteiger partial charge < -0.3 is 9.84 Å². The minimum Gasteiger partial charge on any atom is -0.484 e. The van der Waals surface area contributed by atoms with E-state index in [2.05, 4.69) is 0 Å². The highest BCUT2D eigenvalue weighted by Gasteiger charge is 2.36. The number of aliphatic hydroxyl groups is 1. The molecule has 0 fully saturated rings. The fourth-order valence-electron chi connectivity index (χ4n) is 3.96. The minimum atomic E-state index is -3.93. The van der Waals surface area contributed by atoms with Crippen LogP contribution in [0.3, 0.4) is 0 Å². The quantitative estimate of drug-likeness (QED) is 0.456. The molecule has 1 N–H and O–H groups in total. The highest BCUT2D eigenvalue weighted by atomic mass is 35.5. The zero-order valence-corrected chi connectivity index (χ0v) is 20.6. The van der Waals surface area contributed by atoms with Crippen LogP contribution < -0.4 is 9.04 Å². The maximum absolute atomic E-state index is 14.4. The van der Waals surface area contributed by atoms with Crippen molar-refractivity contribution in [1.82, 2.24) is 0 Å². The number of benzene rings is 3. The lowest BCUT2D eigenvalue weighted by Crippen LogP contribution is -2.47. The normalized spacial score (nSPS) is 17.2. The molecule has 0 unspecified atom stereocenters. The number of nitrogens with zero attached hydrogens (tertiary/aromatic N) is 1. The number of aryl methyl sites for hydroxylation is 1. The molecule has 1 aliphatic heterocycles. The summed E-state index contributed by atoms with van der Waals surface area (Å²) in [7, 11) is -3.93. The lowest BCUT2D eigenvalue weighted by atomic mass is 10.0. The Morgan fingerprint density at radius 3 is 2.62 bits per heavy atom. The maximum Gasteiger partial charge on any atom is 0.264 e. The van der Waals surface area contributed by atoms with E-state index in [-0.39, 0.29) is 17.0 Å². The van der Waals surface area contributed by atoms with Crippen molar-refractivity contribution >= 4 is 39.0 Å². The summed E-state index contributed by atoms with van der Waals surface area (Å²) in [5, 5.41) is 10.4. The van der Waals surface area contributed by atoms with Gasteiger partial charge in [0.15, 0.2) is 0 Å². The number of allylic oxidation sites excluding steroid dienone is 1. The van der Waals surface area contributed by atoms with E-state index in [1.807, 2.05) is 13.0 Å². The van der Waals surface area contributed by atoms with Gasteiger partial charge in [-0.2, -0.15) is 0 Å². The number of sulfonamides is 1. The molecule has 1 heterocycles. The standard InChI is InChI=1S/C26H25ClFNO4S/c1-16-6-4-7-20(12-16)34(31,32)29-15-25(18(3)30)33-24-11-10-19(14-23(24)29)13-17(2)26-21(27)8-5-9-22(26)28/h4-14,18,25,30H,15H2,1-3H3/b17-13+/t18-,25-/m0/s1. The summed E-state index contributed by atoms with van der Waals surface area (Å²) in [5.74, 6) is -0.0990. The summed E-state index contributed by atoms with van der Waals surface area (Å²) >= 11 is 6.20. The molecule has 1 aliphatic rings. The van der Waals surface area contributed by atoms with Gasteiger partial charge in [-0.05, 0) is 73.9 Å². The highest BCUT2D eigenvalue weighted by Crippen LogP contribution is 2.39. The van der Waals surface area contributed by atoms with E-state index in [1.165, 1.54) is 16.4 Å². The van der Waals surface area contributed by atoms with E-state index < -0.39 is 28.0 Å². The van der Waals surface area contributed by atoms with E-state index in [0.29, 0.717) is 27.6 Å². The fourth-order valence-corrected chi connectivity index (χ4v) is 5.86. The fraction of sp³-hybridized carbons (Fsp3) is 0.231. The van der Waals surface area contributed by atoms with Gasteiger partial charge in [0.1, 0.15) is 17.7 Å². The van der Waals surface area contributed by atoms with Gasteiger partial charge in [0.2, 0.25) is 0 Å². The smallest absolute Gasteiger partial charge is 0.264 e. The molecule has 3 aromatic rings. The second-order valence-electron chi connectivity index (χ2n) is 8.40. The van der Waals surface area contributed by atoms with Gasteiger partial charge in [-0.25, -0.2) is 12.8 Å². The molecule has 0 saturated carbocycles. The van der Waals surface area contributed by atoms with Crippen LogP contribution in [0.4, 0.5) is 10.1 Å². The van der Waals surface area contributed by atoms with E-state index in [0.717, 1.165) is 5.56 Å². The van der Waals surface area contributed by atoms with Crippen LogP contribution in [-0.2, 0) is 10.0 Å². The predicted octanol–water partition coefficient (Wildman–Crippen LogP) is 5.69. The first-order valence-electron chi connectivity index (χ1n) is 10.8. The second-order valence-corrected chi connectivity index (χ2v) is 10.7. The molecule has 178 valence electrons. The first-order chi connectivity index (χ1) is 16.1. The van der Waals surface area contributed by atoms with E-state index in [1.54, 1.807) is 62.4 Å². The van der Waals surface area contributed by atoms with Crippen molar-refractivity contribution in [3.8, 4) is 5.75 Å². The summed E-state index contributed by atoms with van der Waals surface area (Å²) in [6.45, 7) is 5.08. The van der Waals surface area contributed by atoms with Gasteiger partial charge in [-0.3, -0.25) is 4.31 Å². The van der Waals surface area contributed by atoms with Gasteiger partial charge in [0.25, 0.3) is 10.0 Å². The topological polar surface area (TPSA) is 66.8 Å². The number of ether oxygens (including phenoxy) is 1. The molecule has 0 spiro atoms. The summed E-state index contributed by atoms with van der Waals surface area (Å²) in [4.78, 5) is 0.153. The van der Waals surface area contributed by atoms with Crippen LogP contribution in [-0.4, -0.2) is 32.3 Å². The largest absolute Gasteiger partial charge is 0.484 e. The molecule has 2 atom stereocenters. The van der Waals surface area contributed by atoms with Crippen LogP contribution in [0.15, 0.2) is 65.6 Å². The second kappa shape index (κ2) is 9.41. The van der Waals surface area contributed by atoms with Gasteiger partial charge in [-0.15, -0.1) is 0 Å². The molecule has 8 heteroatoms. The van der Waals surface area contributed by atoms with Crippen molar-refractivity contribution in [2.24, 2.45) is 0 Å². The number of hydrogen-bond donors (Lipinski definition) is 1. The van der Waals surface area contributed by atoms with Crippen molar-refractivity contribution < 1.29 is 22.7 Å². The van der Waals surface area contributed by atoms with Crippen LogP contribution in [0.2, 0.25) is 5.02 Å². The lowest BCUT2D eigenvalue weighted by Gasteiger charge is -2.36. The van der Waals surface area contributed by atoms with Crippen molar-refractivity contribution in [1.29, 1.82) is 0 Å². The number of anilines is 1. The zero-order valence-electron chi connectivity index (χ0n) is 19.0. The third-order valence-electron chi connectivity index (χ3n) is 5.73. The van der Waals surface area contributed by atoms with Crippen LogP contribution in [0.1, 0.15) is 30.5 Å². The number of hydrogen-bond acceptors (Lipinski definition) is 4. The number of rotatable bonds is 5. The average molecular weight is 502 g/mol. The van der Waals surface area contributed by atoms with Gasteiger partial charge in [0.05, 0.1) is 28.3 Å². The molecule has 4 rings (SSSR count). The molecular formula is C26H25ClFNO4S. The van der Waals surface area contributed by atoms with Crippen molar-refractivity contribution in [2.75, 3.05) is 10.8 Å². The predicted molar refractivity (Wildman–Crippen MR) is 133 cm³/mol. The maximum atomic E-state index is 14.4. The Morgan fingerprint density at radius 2 is 1.94 bits per heavy atom. The monoisotopic (exact) mass is 501 g/mol. The van der Waals surface area contributed by atoms with Crippen molar-refractivity contribution in [3.05, 3.63) is 88.2 Å². The summed E-state index contributed by atoms with van der Waals surface area (Å²) in [6, 6.07) is 16.2. The van der Waals surface area contributed by atoms with Gasteiger partial charge in [0, 0.05) is 5.56 Å². The number of halogens is 2. The van der Waals surface area contributed by atoms with Crippen molar-refractivity contribution in [3.63, 3.8) is 0 Å². The molecule has 0 amide bonds. The molecule has 0 saturated heterocycles. The molecular weight excluding hydrogens is 477 g/mol. The first kappa shape index (κ1) is 24.3. The lowest BCUT2D eigenvalue weighted by molar-refractivity contribution is 0.0503. The summed E-state index contributed by atoms with van der Waals surface area (Å²) in [6.07, 6.45) is 0.129. The van der Waals surface area contributed by atoms with Crippen molar-refractivity contribution in [2.45, 2.75) is 37.9 Å². The third-order valence-corrected chi connectivity index (χ3v) is 7.82. The molecule has 5 nitrogen and oxygen atoms in total. The van der Waals surface area contributed by atoms with E-state index in [9.17, 15) is 17.9 Å². The Kier molecular flexibility index (Phi) is 6.71. The Morgan fingerprint density at radius 1 is 1.21 bits per heavy atom. The molecule has 0 aromatic heterocycles. The summed E-state index contributed by atoms with van der Waals surface area (Å²) in [5.41, 5.74) is 2.70. The molecule has 0 aliphatic carbocycles. The van der Waals surface area contributed by atoms with Crippen LogP contribution >= 0.6 is 11.6 Å². The SMILES string of the molecule is C/C(=C\c1ccc2c(c1)N(S(=O)(=O)c1cccc(C)c1)C[C@@H]([C@H](C)O)O2)c1c(F)cccc1Cl. The van der Waals surface area contributed by atoms with Gasteiger partial charge in [-0.1, -0.05) is 41.9 Å². The molecule has 0 radical (unpaired) electrons. The summed E-state index contributed by atoms with van der Waals surface area (Å²) < 4.78 is 48.8. The molecule has 34 heavy (non-hydrogen) atoms. The number of fused-ring (bicyclic) bond motifs is 1. The third kappa shape index (κ3) is 4.69. The molecule has 3 aromatic carbocycles.